The number of hydrogen-bond acceptors (Lipinski definition) is 1. The van der Waals surface area contributed by atoms with Gasteiger partial charge >= 0.3 is 0 Å². The number of anilines is 2. The molecule has 9 rings (SSSR count). The minimum Gasteiger partial charge on any atom is -0.314 e. The molecule has 2 heteroatoms. The van der Waals surface area contributed by atoms with E-state index in [4.69, 9.17) is 0 Å². The molecule has 1 aliphatic rings. The molecule has 0 N–H and O–H groups in total. The second-order valence-electron chi connectivity index (χ2n) is 12.9. The van der Waals surface area contributed by atoms with Crippen molar-refractivity contribution in [1.82, 2.24) is 4.57 Å². The quantitative estimate of drug-likeness (QED) is 0.168. The summed E-state index contributed by atoms with van der Waals surface area (Å²) in [6.07, 6.45) is 6.56. The van der Waals surface area contributed by atoms with E-state index in [-0.39, 0.29) is 0 Å². The summed E-state index contributed by atoms with van der Waals surface area (Å²) in [6.45, 7) is 0. The lowest BCUT2D eigenvalue weighted by Crippen LogP contribution is -2.18. The molecular formula is C48H36N2. The zero-order chi connectivity index (χ0) is 33.3. The highest BCUT2D eigenvalue weighted by Crippen LogP contribution is 2.40. The molecule has 0 aliphatic heterocycles. The number of aromatic nitrogens is 1. The van der Waals surface area contributed by atoms with Crippen LogP contribution in [0.1, 0.15) is 18.4 Å². The topological polar surface area (TPSA) is 8.17 Å². The van der Waals surface area contributed by atoms with Crippen LogP contribution in [0.5, 0.6) is 0 Å². The molecule has 50 heavy (non-hydrogen) atoms. The largest absolute Gasteiger partial charge is 0.314 e. The third-order valence-corrected chi connectivity index (χ3v) is 9.94. The van der Waals surface area contributed by atoms with E-state index in [9.17, 15) is 0 Å². The summed E-state index contributed by atoms with van der Waals surface area (Å²) in [4.78, 5) is 2.44. The van der Waals surface area contributed by atoms with E-state index in [2.05, 4.69) is 204 Å². The zero-order valence-electron chi connectivity index (χ0n) is 27.8. The molecule has 7 aromatic carbocycles. The Kier molecular flexibility index (Phi) is 7.68. The van der Waals surface area contributed by atoms with Gasteiger partial charge in [-0.25, -0.2) is 0 Å². The van der Waals surface area contributed by atoms with Crippen molar-refractivity contribution in [3.05, 3.63) is 205 Å². The monoisotopic (exact) mass is 640 g/mol. The van der Waals surface area contributed by atoms with Crippen molar-refractivity contribution in [2.75, 3.05) is 4.90 Å². The highest BCUT2D eigenvalue weighted by molar-refractivity contribution is 6.10. The summed E-state index contributed by atoms with van der Waals surface area (Å²) in [7, 11) is 0. The van der Waals surface area contributed by atoms with Gasteiger partial charge in [0.1, 0.15) is 0 Å². The lowest BCUT2D eigenvalue weighted by Gasteiger charge is -2.30. The molecule has 2 nitrogen and oxygen atoms in total. The summed E-state index contributed by atoms with van der Waals surface area (Å²) in [5, 5.41) is 2.51. The second-order valence-corrected chi connectivity index (χ2v) is 12.9. The van der Waals surface area contributed by atoms with Gasteiger partial charge in [-0.2, -0.15) is 0 Å². The molecule has 0 radical (unpaired) electrons. The van der Waals surface area contributed by atoms with Gasteiger partial charge < -0.3 is 9.47 Å². The summed E-state index contributed by atoms with van der Waals surface area (Å²) < 4.78 is 2.42. The molecule has 1 aromatic heterocycles. The van der Waals surface area contributed by atoms with Crippen LogP contribution in [0.2, 0.25) is 0 Å². The standard InChI is InChI=1S/C48H36N2/c1-4-12-35(13-5-1)37-20-22-38(23-21-37)40-24-28-42(29-25-40)49(41-16-8-3-9-17-41)44-32-33-46-45-18-10-11-19-47(45)50(48(46)34-44)43-30-26-39(27-31-43)36-14-6-2-7-15-36/h1-24,26-28,30-34H,25,29H2. The molecular weight excluding hydrogens is 605 g/mol. The van der Waals surface area contributed by atoms with Crippen LogP contribution in [0, 0.1) is 0 Å². The fourth-order valence-corrected chi connectivity index (χ4v) is 7.43. The second kappa shape index (κ2) is 12.9. The number of allylic oxidation sites excluding steroid dienone is 4. The lowest BCUT2D eigenvalue weighted by molar-refractivity contribution is 0.930. The van der Waals surface area contributed by atoms with Crippen LogP contribution in [-0.2, 0) is 0 Å². The SMILES string of the molecule is C1=C(c2ccc(-c3ccccc3)cc2)CCC(N(c2ccccc2)c2ccc3c4ccccc4n(-c4ccc(-c5ccccc5)cc4)c3c2)=C1. The van der Waals surface area contributed by atoms with Crippen molar-refractivity contribution in [1.29, 1.82) is 0 Å². The van der Waals surface area contributed by atoms with Crippen LogP contribution in [0.15, 0.2) is 200 Å². The molecule has 0 saturated heterocycles. The van der Waals surface area contributed by atoms with E-state index >= 15 is 0 Å². The van der Waals surface area contributed by atoms with Crippen molar-refractivity contribution in [3.63, 3.8) is 0 Å². The minimum absolute atomic E-state index is 0.948. The van der Waals surface area contributed by atoms with Gasteiger partial charge in [-0.1, -0.05) is 146 Å². The van der Waals surface area contributed by atoms with E-state index in [0.717, 1.165) is 29.9 Å². The summed E-state index contributed by atoms with van der Waals surface area (Å²) >= 11 is 0. The molecule has 0 spiro atoms. The van der Waals surface area contributed by atoms with Gasteiger partial charge in [0, 0.05) is 33.5 Å². The number of hydrogen-bond donors (Lipinski definition) is 0. The third kappa shape index (κ3) is 5.51. The molecule has 0 amide bonds. The van der Waals surface area contributed by atoms with Crippen LogP contribution >= 0.6 is 0 Å². The fraction of sp³-hybridized carbons (Fsp3) is 0.0417. The van der Waals surface area contributed by atoms with Crippen LogP contribution in [-0.4, -0.2) is 4.57 Å². The zero-order valence-corrected chi connectivity index (χ0v) is 27.8. The summed E-state index contributed by atoms with van der Waals surface area (Å²) in [6, 6.07) is 65.6. The Labute approximate surface area is 293 Å². The van der Waals surface area contributed by atoms with Crippen LogP contribution in [0.4, 0.5) is 11.4 Å². The fourth-order valence-electron chi connectivity index (χ4n) is 7.43. The highest BCUT2D eigenvalue weighted by Gasteiger charge is 2.20. The van der Waals surface area contributed by atoms with Gasteiger partial charge in [0.2, 0.25) is 0 Å². The Morgan fingerprint density at radius 1 is 0.380 bits per heavy atom. The van der Waals surface area contributed by atoms with Crippen molar-refractivity contribution in [2.24, 2.45) is 0 Å². The molecule has 238 valence electrons. The maximum absolute atomic E-state index is 2.44. The number of para-hydroxylation sites is 2. The summed E-state index contributed by atoms with van der Waals surface area (Å²) in [5.74, 6) is 0. The van der Waals surface area contributed by atoms with E-state index in [1.165, 1.54) is 60.9 Å². The molecule has 0 fully saturated rings. The molecule has 1 heterocycles. The maximum atomic E-state index is 2.44. The summed E-state index contributed by atoms with van der Waals surface area (Å²) in [5.41, 5.74) is 14.8. The normalized spacial score (nSPS) is 12.9. The van der Waals surface area contributed by atoms with Gasteiger partial charge in [0.25, 0.3) is 0 Å². The number of fused-ring (bicyclic) bond motifs is 3. The van der Waals surface area contributed by atoms with Crippen LogP contribution in [0.3, 0.4) is 0 Å². The minimum atomic E-state index is 0.948. The third-order valence-electron chi connectivity index (χ3n) is 9.94. The average molecular weight is 641 g/mol. The molecule has 0 saturated carbocycles. The number of nitrogens with zero attached hydrogens (tertiary/aromatic N) is 2. The lowest BCUT2D eigenvalue weighted by atomic mass is 9.93. The molecule has 0 unspecified atom stereocenters. The predicted molar refractivity (Wildman–Crippen MR) is 212 cm³/mol. The van der Waals surface area contributed by atoms with Crippen molar-refractivity contribution in [3.8, 4) is 27.9 Å². The Bertz CT molecular complexity index is 2490. The maximum Gasteiger partial charge on any atom is 0.0561 e. The molecule has 0 atom stereocenters. The van der Waals surface area contributed by atoms with Gasteiger partial charge in [0.05, 0.1) is 11.0 Å². The highest BCUT2D eigenvalue weighted by atomic mass is 15.2. The Morgan fingerprint density at radius 3 is 1.56 bits per heavy atom. The van der Waals surface area contributed by atoms with Crippen LogP contribution in [0.25, 0.3) is 55.3 Å². The van der Waals surface area contributed by atoms with Gasteiger partial charge in [0.15, 0.2) is 0 Å². The van der Waals surface area contributed by atoms with E-state index < -0.39 is 0 Å². The van der Waals surface area contributed by atoms with Crippen molar-refractivity contribution < 1.29 is 0 Å². The predicted octanol–water partition coefficient (Wildman–Crippen LogP) is 13.0. The van der Waals surface area contributed by atoms with Gasteiger partial charge in [-0.3, -0.25) is 0 Å². The molecule has 1 aliphatic carbocycles. The first-order valence-corrected chi connectivity index (χ1v) is 17.4. The van der Waals surface area contributed by atoms with E-state index in [0.29, 0.717) is 0 Å². The van der Waals surface area contributed by atoms with E-state index in [1.54, 1.807) is 0 Å². The van der Waals surface area contributed by atoms with Crippen LogP contribution < -0.4 is 4.90 Å². The van der Waals surface area contributed by atoms with Gasteiger partial charge in [-0.15, -0.1) is 0 Å². The van der Waals surface area contributed by atoms with Crippen molar-refractivity contribution in [2.45, 2.75) is 12.8 Å². The smallest absolute Gasteiger partial charge is 0.0561 e. The number of benzene rings is 7. The molecule has 0 bridgehead atoms. The molecule has 8 aromatic rings. The van der Waals surface area contributed by atoms with Gasteiger partial charge in [-0.05, 0) is 94.8 Å². The first-order valence-electron chi connectivity index (χ1n) is 17.4. The average Bonchev–Trinajstić information content (AvgIpc) is 3.53. The Morgan fingerprint density at radius 2 is 0.920 bits per heavy atom. The van der Waals surface area contributed by atoms with Crippen molar-refractivity contribution >= 4 is 38.8 Å². The first-order chi connectivity index (χ1) is 24.8. The Hall–Kier alpha value is -6.38. The van der Waals surface area contributed by atoms with E-state index in [1.807, 2.05) is 0 Å². The number of rotatable bonds is 7. The Balaban J connectivity index is 1.12. The first kappa shape index (κ1) is 29.7.